The van der Waals surface area contributed by atoms with Gasteiger partial charge >= 0.3 is 0 Å². The van der Waals surface area contributed by atoms with E-state index in [1.807, 2.05) is 46.0 Å². The van der Waals surface area contributed by atoms with Crippen LogP contribution in [0.1, 0.15) is 29.4 Å². The normalized spacial score (nSPS) is 27.0. The molecule has 0 bridgehead atoms. The van der Waals surface area contributed by atoms with E-state index in [4.69, 9.17) is 0 Å². The molecule has 2 fully saturated rings. The second-order valence-electron chi connectivity index (χ2n) is 7.84. The van der Waals surface area contributed by atoms with E-state index >= 15 is 0 Å². The summed E-state index contributed by atoms with van der Waals surface area (Å²) in [5.74, 6) is 0.712. The Morgan fingerprint density at radius 3 is 2.68 bits per heavy atom. The standard InChI is InChI=1S/C21H23N5O2/c27-18-9-16-11-26(10-15(16)8-17(18)25-7-6-22-13-25)21(28)20-19(23-12-24-20)14-4-2-1-3-5-14/h1-7,12-13,15-18,27H,8-11H2,(H,23,24)/t15-,16+,17-,18-/m1/s1. The zero-order valence-electron chi connectivity index (χ0n) is 15.5. The van der Waals surface area contributed by atoms with Gasteiger partial charge in [-0.3, -0.25) is 4.79 Å². The maximum absolute atomic E-state index is 13.2. The maximum Gasteiger partial charge on any atom is 0.272 e. The molecule has 28 heavy (non-hydrogen) atoms. The molecule has 3 heterocycles. The fourth-order valence-corrected chi connectivity index (χ4v) is 4.79. The monoisotopic (exact) mass is 377 g/mol. The minimum atomic E-state index is -0.405. The first-order chi connectivity index (χ1) is 13.7. The fourth-order valence-electron chi connectivity index (χ4n) is 4.79. The zero-order chi connectivity index (χ0) is 19.1. The first-order valence-electron chi connectivity index (χ1n) is 9.74. The molecular formula is C21H23N5O2. The number of benzene rings is 1. The molecule has 7 nitrogen and oxygen atoms in total. The van der Waals surface area contributed by atoms with Crippen molar-refractivity contribution in [2.75, 3.05) is 13.1 Å². The van der Waals surface area contributed by atoms with Crippen molar-refractivity contribution in [1.82, 2.24) is 24.4 Å². The molecule has 1 saturated carbocycles. The van der Waals surface area contributed by atoms with Crippen molar-refractivity contribution in [3.63, 3.8) is 0 Å². The predicted octanol–water partition coefficient (Wildman–Crippen LogP) is 2.36. The highest BCUT2D eigenvalue weighted by Gasteiger charge is 2.44. The molecule has 7 heteroatoms. The molecule has 1 saturated heterocycles. The van der Waals surface area contributed by atoms with Gasteiger partial charge in [-0.25, -0.2) is 9.97 Å². The number of aliphatic hydroxyl groups is 1. The lowest BCUT2D eigenvalue weighted by Gasteiger charge is -2.35. The maximum atomic E-state index is 13.2. The van der Waals surface area contributed by atoms with Crippen LogP contribution in [0.3, 0.4) is 0 Å². The van der Waals surface area contributed by atoms with Gasteiger partial charge in [0.1, 0.15) is 11.4 Å². The number of nitrogens with one attached hydrogen (secondary N) is 1. The third-order valence-corrected chi connectivity index (χ3v) is 6.20. The largest absolute Gasteiger partial charge is 0.391 e. The van der Waals surface area contributed by atoms with Gasteiger partial charge in [-0.05, 0) is 24.7 Å². The Bertz CT molecular complexity index is 952. The zero-order valence-corrected chi connectivity index (χ0v) is 15.5. The number of aromatic nitrogens is 4. The molecular weight excluding hydrogens is 354 g/mol. The number of hydrogen-bond acceptors (Lipinski definition) is 4. The molecule has 1 aromatic carbocycles. The van der Waals surface area contributed by atoms with Crippen molar-refractivity contribution in [2.24, 2.45) is 11.8 Å². The van der Waals surface area contributed by atoms with Gasteiger partial charge in [-0.1, -0.05) is 30.3 Å². The first kappa shape index (κ1) is 17.2. The van der Waals surface area contributed by atoms with Gasteiger partial charge in [-0.15, -0.1) is 0 Å². The quantitative estimate of drug-likeness (QED) is 0.734. The van der Waals surface area contributed by atoms with Gasteiger partial charge in [0.05, 0.1) is 24.8 Å². The van der Waals surface area contributed by atoms with Crippen molar-refractivity contribution < 1.29 is 9.90 Å². The molecule has 0 unspecified atom stereocenters. The Kier molecular flexibility index (Phi) is 4.24. The predicted molar refractivity (Wildman–Crippen MR) is 103 cm³/mol. The second kappa shape index (κ2) is 6.91. The van der Waals surface area contributed by atoms with Crippen LogP contribution in [0.4, 0.5) is 0 Å². The number of amides is 1. The lowest BCUT2D eigenvalue weighted by molar-refractivity contribution is 0.0357. The Balaban J connectivity index is 1.34. The molecule has 2 N–H and O–H groups in total. The van der Waals surface area contributed by atoms with E-state index in [-0.39, 0.29) is 11.9 Å². The summed E-state index contributed by atoms with van der Waals surface area (Å²) in [5, 5.41) is 10.6. The minimum absolute atomic E-state index is 0.0144. The van der Waals surface area contributed by atoms with Crippen LogP contribution in [0.25, 0.3) is 11.3 Å². The molecule has 4 atom stereocenters. The number of hydrogen-bond donors (Lipinski definition) is 2. The molecule has 0 spiro atoms. The van der Waals surface area contributed by atoms with Gasteiger partial charge in [0.15, 0.2) is 0 Å². The molecule has 0 radical (unpaired) electrons. The number of carbonyl (C=O) groups is 1. The summed E-state index contributed by atoms with van der Waals surface area (Å²) in [5.41, 5.74) is 2.16. The highest BCUT2D eigenvalue weighted by molar-refractivity contribution is 5.98. The van der Waals surface area contributed by atoms with Crippen LogP contribution >= 0.6 is 0 Å². The molecule has 1 aliphatic heterocycles. The van der Waals surface area contributed by atoms with E-state index < -0.39 is 6.10 Å². The van der Waals surface area contributed by atoms with Gasteiger partial charge in [-0.2, -0.15) is 0 Å². The number of aliphatic hydroxyl groups excluding tert-OH is 1. The first-order valence-corrected chi connectivity index (χ1v) is 9.74. The number of nitrogens with zero attached hydrogens (tertiary/aromatic N) is 4. The molecule has 2 aromatic heterocycles. The van der Waals surface area contributed by atoms with Crippen molar-refractivity contribution in [1.29, 1.82) is 0 Å². The van der Waals surface area contributed by atoms with Crippen molar-refractivity contribution >= 4 is 5.91 Å². The van der Waals surface area contributed by atoms with Crippen LogP contribution in [0.15, 0.2) is 55.4 Å². The van der Waals surface area contributed by atoms with Crippen molar-refractivity contribution in [3.8, 4) is 11.3 Å². The van der Waals surface area contributed by atoms with Gasteiger partial charge in [0.25, 0.3) is 5.91 Å². The van der Waals surface area contributed by atoms with Gasteiger partial charge in [0.2, 0.25) is 0 Å². The number of aromatic amines is 1. The Morgan fingerprint density at radius 1 is 1.14 bits per heavy atom. The van der Waals surface area contributed by atoms with E-state index in [0.717, 1.165) is 12.0 Å². The molecule has 144 valence electrons. The summed E-state index contributed by atoms with van der Waals surface area (Å²) in [4.78, 5) is 26.7. The van der Waals surface area contributed by atoms with E-state index in [1.165, 1.54) is 0 Å². The highest BCUT2D eigenvalue weighted by atomic mass is 16.3. The third-order valence-electron chi connectivity index (χ3n) is 6.20. The van der Waals surface area contributed by atoms with Crippen molar-refractivity contribution in [2.45, 2.75) is 25.0 Å². The highest BCUT2D eigenvalue weighted by Crippen LogP contribution is 2.41. The van der Waals surface area contributed by atoms with Crippen LogP contribution in [-0.4, -0.2) is 54.6 Å². The molecule has 3 aromatic rings. The number of fused-ring (bicyclic) bond motifs is 1. The second-order valence-corrected chi connectivity index (χ2v) is 7.84. The number of likely N-dealkylation sites (tertiary alicyclic amines) is 1. The van der Waals surface area contributed by atoms with E-state index in [0.29, 0.717) is 42.7 Å². The number of imidazole rings is 2. The average molecular weight is 377 g/mol. The summed E-state index contributed by atoms with van der Waals surface area (Å²) in [6.07, 6.45) is 8.17. The average Bonchev–Trinajstić information content (AvgIpc) is 3.46. The third kappa shape index (κ3) is 2.92. The topological polar surface area (TPSA) is 87.0 Å². The summed E-state index contributed by atoms with van der Waals surface area (Å²) in [6, 6.07) is 9.79. The lowest BCUT2D eigenvalue weighted by Crippen LogP contribution is -2.35. The molecule has 5 rings (SSSR count). The van der Waals surface area contributed by atoms with Crippen molar-refractivity contribution in [3.05, 3.63) is 61.1 Å². The van der Waals surface area contributed by atoms with E-state index in [1.54, 1.807) is 18.9 Å². The smallest absolute Gasteiger partial charge is 0.272 e. The summed E-state index contributed by atoms with van der Waals surface area (Å²) >= 11 is 0. The van der Waals surface area contributed by atoms with Crippen LogP contribution < -0.4 is 0 Å². The van der Waals surface area contributed by atoms with Crippen LogP contribution in [-0.2, 0) is 0 Å². The lowest BCUT2D eigenvalue weighted by atomic mass is 9.77. The molecule has 2 aliphatic rings. The van der Waals surface area contributed by atoms with Crippen LogP contribution in [0, 0.1) is 11.8 Å². The fraction of sp³-hybridized carbons (Fsp3) is 0.381. The van der Waals surface area contributed by atoms with Gasteiger partial charge in [0, 0.05) is 31.0 Å². The Hall–Kier alpha value is -2.93. The number of H-pyrrole nitrogens is 1. The number of rotatable bonds is 3. The van der Waals surface area contributed by atoms with Gasteiger partial charge < -0.3 is 19.6 Å². The SMILES string of the molecule is O=C(c1[nH]cnc1-c1ccccc1)N1C[C@H]2C[C@@H](n3ccnc3)[C@H](O)C[C@H]2C1. The van der Waals surface area contributed by atoms with Crippen LogP contribution in [0.5, 0.6) is 0 Å². The van der Waals surface area contributed by atoms with Crippen LogP contribution in [0.2, 0.25) is 0 Å². The Morgan fingerprint density at radius 2 is 1.93 bits per heavy atom. The Labute approximate surface area is 163 Å². The van der Waals surface area contributed by atoms with E-state index in [9.17, 15) is 9.90 Å². The number of carbonyl (C=O) groups excluding carboxylic acids is 1. The van der Waals surface area contributed by atoms with E-state index in [2.05, 4.69) is 15.0 Å². The molecule has 1 amide bonds. The summed E-state index contributed by atoms with van der Waals surface area (Å²) in [6.45, 7) is 1.40. The summed E-state index contributed by atoms with van der Waals surface area (Å²) < 4.78 is 1.99. The summed E-state index contributed by atoms with van der Waals surface area (Å²) in [7, 11) is 0. The molecule has 1 aliphatic carbocycles. The minimum Gasteiger partial charge on any atom is -0.391 e.